The molecule has 0 fully saturated rings. The number of hydrogen-bond donors (Lipinski definition) is 0. The molecular weight excluding hydrogens is 340 g/mol. The average Bonchev–Trinajstić information content (AvgIpc) is 3.36. The molecule has 0 saturated heterocycles. The predicted molar refractivity (Wildman–Crippen MR) is 90.7 cm³/mol. The van der Waals surface area contributed by atoms with Gasteiger partial charge in [-0.1, -0.05) is 29.5 Å². The van der Waals surface area contributed by atoms with Gasteiger partial charge in [0.05, 0.1) is 11.5 Å². The Labute approximate surface area is 147 Å². The molecule has 0 unspecified atom stereocenters. The third-order valence-electron chi connectivity index (χ3n) is 3.50. The molecule has 7 nitrogen and oxygen atoms in total. The smallest absolute Gasteiger partial charge is 0.284 e. The van der Waals surface area contributed by atoms with Gasteiger partial charge in [0.25, 0.3) is 11.1 Å². The minimum atomic E-state index is -0.128. The summed E-state index contributed by atoms with van der Waals surface area (Å²) in [7, 11) is 0. The lowest BCUT2D eigenvalue weighted by Crippen LogP contribution is -1.88. The van der Waals surface area contributed by atoms with Crippen LogP contribution in [0.3, 0.4) is 0 Å². The van der Waals surface area contributed by atoms with Crippen LogP contribution in [0, 0.1) is 6.92 Å². The van der Waals surface area contributed by atoms with E-state index in [-0.39, 0.29) is 5.25 Å². The summed E-state index contributed by atoms with van der Waals surface area (Å²) < 4.78 is 16.6. The molecule has 0 aliphatic heterocycles. The lowest BCUT2D eigenvalue weighted by atomic mass is 10.1. The normalized spacial score (nSPS) is 12.4. The molecule has 25 heavy (non-hydrogen) atoms. The fraction of sp³-hybridized carbons (Fsp3) is 0.176. The van der Waals surface area contributed by atoms with Crippen molar-refractivity contribution in [2.75, 3.05) is 0 Å². The molecule has 3 aromatic heterocycles. The fourth-order valence-electron chi connectivity index (χ4n) is 2.17. The number of furan rings is 1. The number of thioether (sulfide) groups is 1. The number of rotatable bonds is 5. The number of hydrogen-bond acceptors (Lipinski definition) is 8. The Kier molecular flexibility index (Phi) is 4.10. The summed E-state index contributed by atoms with van der Waals surface area (Å²) in [5.41, 5.74) is 2.07. The molecule has 0 bridgehead atoms. The topological polar surface area (TPSA) is 91.0 Å². The summed E-state index contributed by atoms with van der Waals surface area (Å²) in [6.45, 7) is 3.97. The average molecular weight is 354 g/mol. The van der Waals surface area contributed by atoms with Crippen LogP contribution in [0.5, 0.6) is 0 Å². The van der Waals surface area contributed by atoms with E-state index in [4.69, 9.17) is 13.3 Å². The molecule has 8 heteroatoms. The minimum Gasteiger partial charge on any atom is -0.459 e. The Hall–Kier alpha value is -2.87. The van der Waals surface area contributed by atoms with E-state index in [1.165, 1.54) is 17.3 Å². The molecule has 4 rings (SSSR count). The van der Waals surface area contributed by atoms with Crippen molar-refractivity contribution in [2.45, 2.75) is 24.3 Å². The Morgan fingerprint density at radius 2 is 1.72 bits per heavy atom. The second-order valence-electron chi connectivity index (χ2n) is 5.42. The van der Waals surface area contributed by atoms with Gasteiger partial charge in [-0.05, 0) is 38.1 Å². The third-order valence-corrected chi connectivity index (χ3v) is 4.42. The van der Waals surface area contributed by atoms with Crippen LogP contribution in [-0.2, 0) is 0 Å². The second kappa shape index (κ2) is 6.56. The highest BCUT2D eigenvalue weighted by atomic mass is 32.2. The maximum absolute atomic E-state index is 5.77. The van der Waals surface area contributed by atoms with Gasteiger partial charge in [0.1, 0.15) is 0 Å². The second-order valence-corrected chi connectivity index (χ2v) is 6.71. The van der Waals surface area contributed by atoms with Gasteiger partial charge < -0.3 is 13.3 Å². The highest BCUT2D eigenvalue weighted by Crippen LogP contribution is 2.35. The van der Waals surface area contributed by atoms with Crippen molar-refractivity contribution in [1.29, 1.82) is 0 Å². The van der Waals surface area contributed by atoms with E-state index in [0.717, 1.165) is 5.56 Å². The number of nitrogens with zero attached hydrogens (tertiary/aromatic N) is 4. The van der Waals surface area contributed by atoms with Gasteiger partial charge in [-0.15, -0.1) is 20.4 Å². The fourth-order valence-corrected chi connectivity index (χ4v) is 2.88. The van der Waals surface area contributed by atoms with Crippen LogP contribution in [0.2, 0.25) is 0 Å². The van der Waals surface area contributed by atoms with Crippen LogP contribution in [0.25, 0.3) is 23.1 Å². The molecule has 0 aliphatic carbocycles. The Morgan fingerprint density at radius 3 is 2.48 bits per heavy atom. The first kappa shape index (κ1) is 15.6. The van der Waals surface area contributed by atoms with Gasteiger partial charge in [0.15, 0.2) is 5.76 Å². The van der Waals surface area contributed by atoms with E-state index >= 15 is 0 Å². The summed E-state index contributed by atoms with van der Waals surface area (Å²) in [6, 6.07) is 11.4. The summed E-state index contributed by atoms with van der Waals surface area (Å²) >= 11 is 1.35. The number of benzene rings is 1. The number of aromatic nitrogens is 4. The zero-order valence-corrected chi connectivity index (χ0v) is 14.4. The minimum absolute atomic E-state index is 0.128. The highest BCUT2D eigenvalue weighted by Gasteiger charge is 2.20. The quantitative estimate of drug-likeness (QED) is 0.482. The maximum atomic E-state index is 5.77. The van der Waals surface area contributed by atoms with Gasteiger partial charge in [-0.25, -0.2) is 0 Å². The largest absolute Gasteiger partial charge is 0.459 e. The monoisotopic (exact) mass is 354 g/mol. The van der Waals surface area contributed by atoms with E-state index in [1.54, 1.807) is 18.4 Å². The van der Waals surface area contributed by atoms with E-state index in [2.05, 4.69) is 20.4 Å². The van der Waals surface area contributed by atoms with Crippen LogP contribution in [-0.4, -0.2) is 20.4 Å². The van der Waals surface area contributed by atoms with E-state index < -0.39 is 0 Å². The maximum Gasteiger partial charge on any atom is 0.284 e. The summed E-state index contributed by atoms with van der Waals surface area (Å²) in [4.78, 5) is 0. The van der Waals surface area contributed by atoms with Crippen LogP contribution >= 0.6 is 11.8 Å². The molecule has 1 atom stereocenters. The molecular formula is C17H14N4O3S. The lowest BCUT2D eigenvalue weighted by molar-refractivity contribution is 0.444. The molecule has 0 N–H and O–H groups in total. The van der Waals surface area contributed by atoms with Crippen molar-refractivity contribution >= 4 is 11.8 Å². The molecule has 0 radical (unpaired) electrons. The van der Waals surface area contributed by atoms with Gasteiger partial charge in [0.2, 0.25) is 11.8 Å². The van der Waals surface area contributed by atoms with Crippen molar-refractivity contribution in [1.82, 2.24) is 20.4 Å². The molecule has 0 spiro atoms. The van der Waals surface area contributed by atoms with E-state index in [1.807, 2.05) is 38.1 Å². The first-order valence-electron chi connectivity index (χ1n) is 7.63. The molecule has 0 aliphatic rings. The van der Waals surface area contributed by atoms with Crippen LogP contribution in [0.15, 0.2) is 61.1 Å². The Morgan fingerprint density at radius 1 is 0.920 bits per heavy atom. The summed E-state index contributed by atoms with van der Waals surface area (Å²) in [6.07, 6.45) is 1.56. The van der Waals surface area contributed by atoms with Gasteiger partial charge in [-0.3, -0.25) is 0 Å². The molecule has 3 heterocycles. The van der Waals surface area contributed by atoms with Crippen LogP contribution < -0.4 is 0 Å². The molecule has 126 valence electrons. The molecule has 1 aromatic carbocycles. The molecule has 0 amide bonds. The van der Waals surface area contributed by atoms with Crippen LogP contribution in [0.4, 0.5) is 0 Å². The zero-order chi connectivity index (χ0) is 17.2. The van der Waals surface area contributed by atoms with Gasteiger partial charge in [-0.2, -0.15) is 0 Å². The summed E-state index contributed by atoms with van der Waals surface area (Å²) in [5.74, 6) is 1.86. The zero-order valence-electron chi connectivity index (χ0n) is 13.5. The highest BCUT2D eigenvalue weighted by molar-refractivity contribution is 7.99. The SMILES string of the molecule is Cc1ccc(-c2nnc([C@H](C)Sc3nnc(-c4ccco4)o3)o2)cc1. The van der Waals surface area contributed by atoms with Crippen molar-refractivity contribution in [3.63, 3.8) is 0 Å². The van der Waals surface area contributed by atoms with Gasteiger partial charge >= 0.3 is 0 Å². The third kappa shape index (κ3) is 3.34. The van der Waals surface area contributed by atoms with Crippen molar-refractivity contribution in [2.24, 2.45) is 0 Å². The van der Waals surface area contributed by atoms with Crippen molar-refractivity contribution in [3.8, 4) is 23.1 Å². The number of aryl methyl sites for hydroxylation is 1. The Bertz CT molecular complexity index is 960. The van der Waals surface area contributed by atoms with Crippen LogP contribution in [0.1, 0.15) is 23.6 Å². The molecule has 0 saturated carbocycles. The lowest BCUT2D eigenvalue weighted by Gasteiger charge is -2.01. The molecule has 4 aromatic rings. The van der Waals surface area contributed by atoms with Crippen molar-refractivity contribution in [3.05, 3.63) is 54.1 Å². The van der Waals surface area contributed by atoms with E-state index in [0.29, 0.717) is 28.7 Å². The Balaban J connectivity index is 1.48. The first-order valence-corrected chi connectivity index (χ1v) is 8.51. The first-order chi connectivity index (χ1) is 12.2. The van der Waals surface area contributed by atoms with Crippen molar-refractivity contribution < 1.29 is 13.3 Å². The standard InChI is InChI=1S/C17H14N4O3S/c1-10-5-7-12(8-6-10)15-19-18-14(23-15)11(2)25-17-21-20-16(24-17)13-4-3-9-22-13/h3-9,11H,1-2H3/t11-/m0/s1. The van der Waals surface area contributed by atoms with E-state index in [9.17, 15) is 0 Å². The summed E-state index contributed by atoms with van der Waals surface area (Å²) in [5, 5.41) is 16.5. The van der Waals surface area contributed by atoms with Gasteiger partial charge in [0, 0.05) is 5.56 Å². The predicted octanol–water partition coefficient (Wildman–Crippen LogP) is 4.54.